The lowest BCUT2D eigenvalue weighted by Crippen LogP contribution is -2.51. The summed E-state index contributed by atoms with van der Waals surface area (Å²) in [6.45, 7) is -0.183. The fourth-order valence-electron chi connectivity index (χ4n) is 3.87. The average molecular weight is 374 g/mol. The first kappa shape index (κ1) is 17.6. The first-order valence-corrected chi connectivity index (χ1v) is 8.66. The third-order valence-corrected chi connectivity index (χ3v) is 5.27. The molecule has 1 N–H and O–H groups in total. The van der Waals surface area contributed by atoms with E-state index in [0.717, 1.165) is 28.2 Å². The number of fused-ring (bicyclic) bond motifs is 1. The summed E-state index contributed by atoms with van der Waals surface area (Å²) in [6.07, 6.45) is -2.93. The average Bonchev–Trinajstić information content (AvgIpc) is 2.85. The van der Waals surface area contributed by atoms with E-state index in [-0.39, 0.29) is 18.0 Å². The number of halogens is 3. The van der Waals surface area contributed by atoms with E-state index in [1.54, 1.807) is 0 Å². The van der Waals surface area contributed by atoms with E-state index < -0.39 is 23.3 Å². The van der Waals surface area contributed by atoms with Gasteiger partial charge < -0.3 is 5.32 Å². The molecule has 140 valence electrons. The Morgan fingerprint density at radius 3 is 2.52 bits per heavy atom. The number of benzene rings is 2. The van der Waals surface area contributed by atoms with Crippen LogP contribution in [0.3, 0.4) is 0 Å². The third kappa shape index (κ3) is 3.07. The first-order valence-electron chi connectivity index (χ1n) is 8.66. The van der Waals surface area contributed by atoms with Crippen LogP contribution in [-0.2, 0) is 30.4 Å². The number of nitrogens with zero attached hydrogens (tertiary/aromatic N) is 1. The number of rotatable bonds is 2. The highest BCUT2D eigenvalue weighted by Gasteiger charge is 2.52. The quantitative estimate of drug-likeness (QED) is 0.816. The number of alkyl halides is 3. The topological polar surface area (TPSA) is 49.4 Å². The molecule has 7 heteroatoms. The predicted molar refractivity (Wildman–Crippen MR) is 91.7 cm³/mol. The molecular formula is C20H17F3N2O2. The molecule has 1 spiro atoms. The summed E-state index contributed by atoms with van der Waals surface area (Å²) in [5.74, 6) is -0.376. The van der Waals surface area contributed by atoms with E-state index in [2.05, 4.69) is 5.32 Å². The van der Waals surface area contributed by atoms with Crippen LogP contribution in [0.2, 0.25) is 0 Å². The molecule has 27 heavy (non-hydrogen) atoms. The Balaban J connectivity index is 1.58. The smallest absolute Gasteiger partial charge is 0.323 e. The second kappa shape index (κ2) is 6.11. The van der Waals surface area contributed by atoms with Crippen LogP contribution in [0, 0.1) is 0 Å². The summed E-state index contributed by atoms with van der Waals surface area (Å²) in [5.41, 5.74) is 0.627. The van der Waals surface area contributed by atoms with Crippen molar-refractivity contribution in [3.8, 4) is 0 Å². The van der Waals surface area contributed by atoms with Crippen LogP contribution in [-0.4, -0.2) is 22.4 Å². The molecule has 4 rings (SSSR count). The highest BCUT2D eigenvalue weighted by Crippen LogP contribution is 2.35. The Morgan fingerprint density at radius 2 is 1.78 bits per heavy atom. The summed E-state index contributed by atoms with van der Waals surface area (Å²) in [7, 11) is 0. The second-order valence-corrected chi connectivity index (χ2v) is 7.05. The van der Waals surface area contributed by atoms with Gasteiger partial charge in [-0.15, -0.1) is 0 Å². The van der Waals surface area contributed by atoms with Crippen LogP contribution < -0.4 is 5.32 Å². The molecule has 1 aliphatic heterocycles. The Bertz CT molecular complexity index is 925. The van der Waals surface area contributed by atoms with E-state index in [4.69, 9.17) is 0 Å². The fourth-order valence-corrected chi connectivity index (χ4v) is 3.87. The molecule has 1 atom stereocenters. The maximum atomic E-state index is 13.0. The number of carbonyl (C=O) groups is 2. The molecule has 1 heterocycles. The maximum absolute atomic E-state index is 13.0. The summed E-state index contributed by atoms with van der Waals surface area (Å²) >= 11 is 0. The molecule has 0 aromatic heterocycles. The molecule has 4 nitrogen and oxygen atoms in total. The lowest BCUT2D eigenvalue weighted by molar-refractivity contribution is -0.137. The predicted octanol–water partition coefficient (Wildman–Crippen LogP) is 3.68. The van der Waals surface area contributed by atoms with Crippen molar-refractivity contribution in [2.24, 2.45) is 0 Å². The van der Waals surface area contributed by atoms with Crippen LogP contribution in [0.25, 0.3) is 0 Å². The Morgan fingerprint density at radius 1 is 1.04 bits per heavy atom. The van der Waals surface area contributed by atoms with Gasteiger partial charge in [-0.05, 0) is 41.7 Å². The lowest BCUT2D eigenvalue weighted by Gasteiger charge is -2.32. The Labute approximate surface area is 154 Å². The SMILES string of the molecule is O=C1NC2(CCc3ccccc3C2)C(=O)N1Cc1cccc(C(F)(F)F)c1. The molecule has 1 saturated heterocycles. The number of nitrogens with one attached hydrogen (secondary N) is 1. The van der Waals surface area contributed by atoms with Crippen molar-refractivity contribution in [3.05, 3.63) is 70.8 Å². The van der Waals surface area contributed by atoms with E-state index in [1.807, 2.05) is 24.3 Å². The molecule has 2 aromatic carbocycles. The second-order valence-electron chi connectivity index (χ2n) is 7.05. The lowest BCUT2D eigenvalue weighted by atomic mass is 9.78. The van der Waals surface area contributed by atoms with Crippen molar-refractivity contribution in [3.63, 3.8) is 0 Å². The summed E-state index contributed by atoms with van der Waals surface area (Å²) in [4.78, 5) is 26.5. The van der Waals surface area contributed by atoms with E-state index in [0.29, 0.717) is 19.3 Å². The number of hydrogen-bond acceptors (Lipinski definition) is 2. The minimum atomic E-state index is -4.47. The van der Waals surface area contributed by atoms with Crippen LogP contribution in [0.5, 0.6) is 0 Å². The minimum Gasteiger partial charge on any atom is -0.323 e. The van der Waals surface area contributed by atoms with Gasteiger partial charge in [0.15, 0.2) is 0 Å². The van der Waals surface area contributed by atoms with Crippen molar-refractivity contribution >= 4 is 11.9 Å². The number of urea groups is 1. The van der Waals surface area contributed by atoms with Crippen LogP contribution in [0.1, 0.15) is 28.7 Å². The van der Waals surface area contributed by atoms with Gasteiger partial charge in [-0.25, -0.2) is 4.79 Å². The zero-order valence-corrected chi connectivity index (χ0v) is 14.3. The maximum Gasteiger partial charge on any atom is 0.416 e. The summed E-state index contributed by atoms with van der Waals surface area (Å²) in [6, 6.07) is 11.9. The van der Waals surface area contributed by atoms with Crippen molar-refractivity contribution in [1.82, 2.24) is 10.2 Å². The van der Waals surface area contributed by atoms with Gasteiger partial charge in [-0.2, -0.15) is 13.2 Å². The Hall–Kier alpha value is -2.83. The van der Waals surface area contributed by atoms with E-state index >= 15 is 0 Å². The van der Waals surface area contributed by atoms with Gasteiger partial charge >= 0.3 is 12.2 Å². The summed E-state index contributed by atoms with van der Waals surface area (Å²) in [5, 5.41) is 2.79. The normalized spacial score (nSPS) is 22.1. The van der Waals surface area contributed by atoms with Gasteiger partial charge in [0.25, 0.3) is 5.91 Å². The van der Waals surface area contributed by atoms with Gasteiger partial charge in [0.1, 0.15) is 5.54 Å². The monoisotopic (exact) mass is 374 g/mol. The largest absolute Gasteiger partial charge is 0.416 e. The highest BCUT2D eigenvalue weighted by molar-refractivity contribution is 6.07. The molecular weight excluding hydrogens is 357 g/mol. The van der Waals surface area contributed by atoms with Gasteiger partial charge in [0, 0.05) is 6.42 Å². The summed E-state index contributed by atoms with van der Waals surface area (Å²) < 4.78 is 38.7. The number of amides is 3. The first-order chi connectivity index (χ1) is 12.8. The van der Waals surface area contributed by atoms with Gasteiger partial charge in [0.2, 0.25) is 0 Å². The van der Waals surface area contributed by atoms with Crippen LogP contribution in [0.4, 0.5) is 18.0 Å². The molecule has 1 aliphatic carbocycles. The molecule has 0 radical (unpaired) electrons. The number of aryl methyl sites for hydroxylation is 1. The van der Waals surface area contributed by atoms with Gasteiger partial charge in [-0.1, -0.05) is 36.4 Å². The number of imide groups is 1. The molecule has 1 unspecified atom stereocenters. The Kier molecular flexibility index (Phi) is 3.98. The molecule has 0 bridgehead atoms. The standard InChI is InChI=1S/C20H17F3N2O2/c21-20(22,23)16-7-3-4-13(10-16)12-25-17(26)19(24-18(25)27)9-8-14-5-1-2-6-15(14)11-19/h1-7,10H,8-9,11-12H2,(H,24,27). The molecule has 1 fully saturated rings. The molecule has 3 amide bonds. The minimum absolute atomic E-state index is 0.183. The van der Waals surface area contributed by atoms with E-state index in [9.17, 15) is 22.8 Å². The number of carbonyl (C=O) groups excluding carboxylic acids is 2. The third-order valence-electron chi connectivity index (χ3n) is 5.27. The van der Waals surface area contributed by atoms with Crippen molar-refractivity contribution in [2.45, 2.75) is 37.5 Å². The molecule has 2 aliphatic rings. The molecule has 0 saturated carbocycles. The molecule has 2 aromatic rings. The fraction of sp³-hybridized carbons (Fsp3) is 0.300. The van der Waals surface area contributed by atoms with E-state index in [1.165, 1.54) is 12.1 Å². The highest BCUT2D eigenvalue weighted by atomic mass is 19.4. The van der Waals surface area contributed by atoms with Crippen molar-refractivity contribution in [2.75, 3.05) is 0 Å². The zero-order valence-electron chi connectivity index (χ0n) is 14.3. The van der Waals surface area contributed by atoms with Gasteiger partial charge in [-0.3, -0.25) is 9.69 Å². The van der Waals surface area contributed by atoms with Crippen molar-refractivity contribution < 1.29 is 22.8 Å². The van der Waals surface area contributed by atoms with Crippen LogP contribution in [0.15, 0.2) is 48.5 Å². The zero-order chi connectivity index (χ0) is 19.2. The van der Waals surface area contributed by atoms with Crippen LogP contribution >= 0.6 is 0 Å². The number of hydrogen-bond donors (Lipinski definition) is 1. The van der Waals surface area contributed by atoms with Crippen molar-refractivity contribution in [1.29, 1.82) is 0 Å². The van der Waals surface area contributed by atoms with Gasteiger partial charge in [0.05, 0.1) is 12.1 Å².